The van der Waals surface area contributed by atoms with Gasteiger partial charge in [-0.25, -0.2) is 4.39 Å². The third kappa shape index (κ3) is 5.62. The lowest BCUT2D eigenvalue weighted by atomic mass is 10.1. The van der Waals surface area contributed by atoms with Crippen LogP contribution in [-0.2, 0) is 9.59 Å². The lowest BCUT2D eigenvalue weighted by Gasteiger charge is -2.39. The standard InChI is InChI=1S/C22H27FN4O2/c1-16(21(28)24-19-8-4-3-5-9-19)26-11-13-27(14-12-26)17(2)22(29)25-20-10-6-7-18(23)15-20/h3-10,15-17H,11-14H2,1-2H3,(H,24,28)(H,25,29). The highest BCUT2D eigenvalue weighted by atomic mass is 19.1. The number of anilines is 2. The minimum Gasteiger partial charge on any atom is -0.325 e. The summed E-state index contributed by atoms with van der Waals surface area (Å²) in [6.45, 7) is 6.49. The minimum absolute atomic E-state index is 0.0402. The molecule has 0 bridgehead atoms. The van der Waals surface area contributed by atoms with E-state index in [1.807, 2.05) is 44.2 Å². The first-order valence-corrected chi connectivity index (χ1v) is 9.84. The lowest BCUT2D eigenvalue weighted by molar-refractivity contribution is -0.124. The predicted octanol–water partition coefficient (Wildman–Crippen LogP) is 2.80. The summed E-state index contributed by atoms with van der Waals surface area (Å²) < 4.78 is 13.3. The fraction of sp³-hybridized carbons (Fsp3) is 0.364. The SMILES string of the molecule is CC(C(=O)Nc1ccccc1)N1CCN(C(C)C(=O)Nc2cccc(F)c2)CC1. The van der Waals surface area contributed by atoms with Gasteiger partial charge in [0.05, 0.1) is 12.1 Å². The number of piperazine rings is 1. The van der Waals surface area contributed by atoms with Gasteiger partial charge in [0.1, 0.15) is 5.82 Å². The van der Waals surface area contributed by atoms with Crippen molar-refractivity contribution in [1.82, 2.24) is 9.80 Å². The van der Waals surface area contributed by atoms with E-state index in [1.54, 1.807) is 12.1 Å². The maximum Gasteiger partial charge on any atom is 0.241 e. The zero-order valence-corrected chi connectivity index (χ0v) is 16.8. The quantitative estimate of drug-likeness (QED) is 0.785. The van der Waals surface area contributed by atoms with E-state index in [4.69, 9.17) is 0 Å². The number of hydrogen-bond donors (Lipinski definition) is 2. The Kier molecular flexibility index (Phi) is 6.95. The molecule has 0 aromatic heterocycles. The Labute approximate surface area is 170 Å². The number of amides is 2. The van der Waals surface area contributed by atoms with Crippen LogP contribution in [0.3, 0.4) is 0 Å². The molecular weight excluding hydrogens is 371 g/mol. The molecule has 7 heteroatoms. The molecule has 1 saturated heterocycles. The molecule has 1 fully saturated rings. The number of carbonyl (C=O) groups excluding carboxylic acids is 2. The summed E-state index contributed by atoms with van der Waals surface area (Å²) in [5.41, 5.74) is 1.23. The molecule has 0 spiro atoms. The van der Waals surface area contributed by atoms with Crippen molar-refractivity contribution in [3.05, 3.63) is 60.4 Å². The van der Waals surface area contributed by atoms with E-state index in [1.165, 1.54) is 12.1 Å². The number of nitrogens with zero attached hydrogens (tertiary/aromatic N) is 2. The van der Waals surface area contributed by atoms with Gasteiger partial charge in [-0.1, -0.05) is 24.3 Å². The third-order valence-corrected chi connectivity index (χ3v) is 5.34. The lowest BCUT2D eigenvalue weighted by Crippen LogP contribution is -2.56. The van der Waals surface area contributed by atoms with Gasteiger partial charge in [-0.3, -0.25) is 19.4 Å². The number of nitrogens with one attached hydrogen (secondary N) is 2. The highest BCUT2D eigenvalue weighted by Crippen LogP contribution is 2.14. The van der Waals surface area contributed by atoms with Gasteiger partial charge in [-0.15, -0.1) is 0 Å². The van der Waals surface area contributed by atoms with Crippen LogP contribution in [0.15, 0.2) is 54.6 Å². The fourth-order valence-corrected chi connectivity index (χ4v) is 3.42. The van der Waals surface area contributed by atoms with E-state index in [0.717, 1.165) is 5.69 Å². The molecule has 2 unspecified atom stereocenters. The van der Waals surface area contributed by atoms with Gasteiger partial charge < -0.3 is 10.6 Å². The number of rotatable bonds is 6. The Hall–Kier alpha value is -2.77. The molecule has 29 heavy (non-hydrogen) atoms. The molecule has 2 aromatic carbocycles. The first-order valence-electron chi connectivity index (χ1n) is 9.84. The Balaban J connectivity index is 1.48. The van der Waals surface area contributed by atoms with Gasteiger partial charge in [-0.05, 0) is 44.2 Å². The second kappa shape index (κ2) is 9.62. The molecule has 1 heterocycles. The van der Waals surface area contributed by atoms with E-state index < -0.39 is 0 Å². The van der Waals surface area contributed by atoms with Crippen LogP contribution in [0.4, 0.5) is 15.8 Å². The van der Waals surface area contributed by atoms with Crippen molar-refractivity contribution in [3.63, 3.8) is 0 Å². The van der Waals surface area contributed by atoms with Crippen molar-refractivity contribution in [2.75, 3.05) is 36.8 Å². The molecule has 0 aliphatic carbocycles. The Morgan fingerprint density at radius 3 is 1.79 bits per heavy atom. The molecule has 154 valence electrons. The van der Waals surface area contributed by atoms with Crippen molar-refractivity contribution in [1.29, 1.82) is 0 Å². The number of benzene rings is 2. The fourth-order valence-electron chi connectivity index (χ4n) is 3.42. The average Bonchev–Trinajstić information content (AvgIpc) is 2.73. The number of hydrogen-bond acceptors (Lipinski definition) is 4. The first kappa shape index (κ1) is 21.0. The molecule has 2 aromatic rings. The van der Waals surface area contributed by atoms with Crippen LogP contribution in [0.25, 0.3) is 0 Å². The van der Waals surface area contributed by atoms with E-state index in [2.05, 4.69) is 20.4 Å². The average molecular weight is 398 g/mol. The van der Waals surface area contributed by atoms with E-state index >= 15 is 0 Å². The van der Waals surface area contributed by atoms with Crippen LogP contribution < -0.4 is 10.6 Å². The molecule has 3 rings (SSSR count). The molecule has 2 amide bonds. The van der Waals surface area contributed by atoms with E-state index in [9.17, 15) is 14.0 Å². The van der Waals surface area contributed by atoms with Crippen LogP contribution >= 0.6 is 0 Å². The molecular formula is C22H27FN4O2. The highest BCUT2D eigenvalue weighted by molar-refractivity contribution is 5.95. The molecule has 6 nitrogen and oxygen atoms in total. The Morgan fingerprint density at radius 2 is 1.28 bits per heavy atom. The normalized spacial score (nSPS) is 17.3. The molecule has 2 N–H and O–H groups in total. The van der Waals surface area contributed by atoms with Crippen molar-refractivity contribution in [3.8, 4) is 0 Å². The van der Waals surface area contributed by atoms with Crippen molar-refractivity contribution < 1.29 is 14.0 Å². The van der Waals surface area contributed by atoms with Gasteiger partial charge >= 0.3 is 0 Å². The minimum atomic E-state index is -0.383. The maximum absolute atomic E-state index is 13.3. The topological polar surface area (TPSA) is 64.7 Å². The largest absolute Gasteiger partial charge is 0.325 e. The summed E-state index contributed by atoms with van der Waals surface area (Å²) in [6, 6.07) is 14.7. The number of carbonyl (C=O) groups is 2. The summed E-state index contributed by atoms with van der Waals surface area (Å²) in [6.07, 6.45) is 0. The highest BCUT2D eigenvalue weighted by Gasteiger charge is 2.29. The molecule has 1 aliphatic rings. The van der Waals surface area contributed by atoms with Crippen LogP contribution in [0.5, 0.6) is 0 Å². The Bertz CT molecular complexity index is 838. The van der Waals surface area contributed by atoms with Crippen LogP contribution in [0.2, 0.25) is 0 Å². The third-order valence-electron chi connectivity index (χ3n) is 5.34. The predicted molar refractivity (Wildman–Crippen MR) is 112 cm³/mol. The first-order chi connectivity index (χ1) is 13.9. The van der Waals surface area contributed by atoms with E-state index in [-0.39, 0.29) is 29.7 Å². The summed E-state index contributed by atoms with van der Waals surface area (Å²) in [7, 11) is 0. The van der Waals surface area contributed by atoms with Crippen LogP contribution in [-0.4, -0.2) is 59.9 Å². The van der Waals surface area contributed by atoms with Gasteiger partial charge in [0.15, 0.2) is 0 Å². The van der Waals surface area contributed by atoms with Gasteiger partial charge in [0, 0.05) is 37.6 Å². The van der Waals surface area contributed by atoms with Crippen LogP contribution in [0.1, 0.15) is 13.8 Å². The van der Waals surface area contributed by atoms with Gasteiger partial charge in [0.25, 0.3) is 0 Å². The maximum atomic E-state index is 13.3. The van der Waals surface area contributed by atoms with E-state index in [0.29, 0.717) is 31.9 Å². The van der Waals surface area contributed by atoms with Crippen molar-refractivity contribution >= 4 is 23.2 Å². The molecule has 1 aliphatic heterocycles. The van der Waals surface area contributed by atoms with Gasteiger partial charge in [0.2, 0.25) is 11.8 Å². The van der Waals surface area contributed by atoms with Gasteiger partial charge in [-0.2, -0.15) is 0 Å². The summed E-state index contributed by atoms with van der Waals surface area (Å²) >= 11 is 0. The zero-order valence-electron chi connectivity index (χ0n) is 16.8. The van der Waals surface area contributed by atoms with Crippen molar-refractivity contribution in [2.45, 2.75) is 25.9 Å². The Morgan fingerprint density at radius 1 is 0.793 bits per heavy atom. The monoisotopic (exact) mass is 398 g/mol. The molecule has 0 saturated carbocycles. The molecule has 2 atom stereocenters. The summed E-state index contributed by atoms with van der Waals surface area (Å²) in [5.74, 6) is -0.590. The second-order valence-corrected chi connectivity index (χ2v) is 7.28. The number of halogens is 1. The number of para-hydroxylation sites is 1. The summed E-state index contributed by atoms with van der Waals surface area (Å²) in [4.78, 5) is 29.2. The van der Waals surface area contributed by atoms with Crippen LogP contribution in [0, 0.1) is 5.82 Å². The zero-order chi connectivity index (χ0) is 20.8. The smallest absolute Gasteiger partial charge is 0.241 e. The summed E-state index contributed by atoms with van der Waals surface area (Å²) in [5, 5.41) is 5.70. The second-order valence-electron chi connectivity index (χ2n) is 7.28. The van der Waals surface area contributed by atoms with Crippen molar-refractivity contribution in [2.24, 2.45) is 0 Å². The molecule has 0 radical (unpaired) electrons.